The number of nitriles is 1. The lowest BCUT2D eigenvalue weighted by molar-refractivity contribution is -0.0878. The summed E-state index contributed by atoms with van der Waals surface area (Å²) < 4.78 is 5.97. The third-order valence-corrected chi connectivity index (χ3v) is 3.96. The maximum atomic E-state index is 9.21. The SMILES string of the molecule is CC1CC(C)(C)CC2(C1)OCCC2C#N. The largest absolute Gasteiger partial charge is 0.374 e. The smallest absolute Gasteiger partial charge is 0.0848 e. The Labute approximate surface area is 92.6 Å². The number of ether oxygens (including phenoxy) is 1. The van der Waals surface area contributed by atoms with E-state index in [9.17, 15) is 5.26 Å². The predicted octanol–water partition coefficient (Wildman–Crippen LogP) is 3.13. The maximum Gasteiger partial charge on any atom is 0.0848 e. The Balaban J connectivity index is 2.24. The van der Waals surface area contributed by atoms with E-state index in [-0.39, 0.29) is 11.5 Å². The van der Waals surface area contributed by atoms with Crippen LogP contribution in [0.5, 0.6) is 0 Å². The van der Waals surface area contributed by atoms with Gasteiger partial charge >= 0.3 is 0 Å². The van der Waals surface area contributed by atoms with E-state index in [0.29, 0.717) is 11.3 Å². The van der Waals surface area contributed by atoms with Crippen LogP contribution in [0.1, 0.15) is 46.5 Å². The first-order valence-corrected chi connectivity index (χ1v) is 6.01. The van der Waals surface area contributed by atoms with Gasteiger partial charge in [-0.05, 0) is 37.0 Å². The van der Waals surface area contributed by atoms with Crippen LogP contribution < -0.4 is 0 Å². The van der Waals surface area contributed by atoms with Gasteiger partial charge in [0.05, 0.1) is 17.6 Å². The van der Waals surface area contributed by atoms with E-state index in [1.54, 1.807) is 0 Å². The predicted molar refractivity (Wildman–Crippen MR) is 59.2 cm³/mol. The Morgan fingerprint density at radius 2 is 2.07 bits per heavy atom. The highest BCUT2D eigenvalue weighted by Crippen LogP contribution is 2.51. The molecule has 1 heterocycles. The molecular weight excluding hydrogens is 186 g/mol. The summed E-state index contributed by atoms with van der Waals surface area (Å²) in [6.07, 6.45) is 4.33. The van der Waals surface area contributed by atoms with Crippen LogP contribution in [-0.2, 0) is 4.74 Å². The molecule has 2 heteroatoms. The van der Waals surface area contributed by atoms with Gasteiger partial charge in [0.2, 0.25) is 0 Å². The minimum Gasteiger partial charge on any atom is -0.374 e. The molecule has 84 valence electrons. The average Bonchev–Trinajstić information content (AvgIpc) is 2.42. The van der Waals surface area contributed by atoms with Crippen LogP contribution in [-0.4, -0.2) is 12.2 Å². The van der Waals surface area contributed by atoms with E-state index in [1.165, 1.54) is 6.42 Å². The van der Waals surface area contributed by atoms with Crippen molar-refractivity contribution in [3.8, 4) is 6.07 Å². The van der Waals surface area contributed by atoms with Gasteiger partial charge in [-0.1, -0.05) is 20.8 Å². The standard InChI is InChI=1S/C13H21NO/c1-10-6-12(2,3)9-13(7-10)11(8-14)4-5-15-13/h10-11H,4-7,9H2,1-3H3. The molecule has 1 aliphatic heterocycles. The quantitative estimate of drug-likeness (QED) is 0.611. The molecule has 1 aliphatic carbocycles. The Morgan fingerprint density at radius 3 is 2.67 bits per heavy atom. The Kier molecular flexibility index (Phi) is 2.55. The van der Waals surface area contributed by atoms with E-state index < -0.39 is 0 Å². The van der Waals surface area contributed by atoms with Crippen LogP contribution in [0.4, 0.5) is 0 Å². The molecule has 0 aromatic heterocycles. The summed E-state index contributed by atoms with van der Waals surface area (Å²) in [5.41, 5.74) is 0.215. The average molecular weight is 207 g/mol. The van der Waals surface area contributed by atoms with Crippen molar-refractivity contribution in [2.45, 2.75) is 52.1 Å². The molecule has 0 amide bonds. The van der Waals surface area contributed by atoms with Crippen molar-refractivity contribution in [3.05, 3.63) is 0 Å². The van der Waals surface area contributed by atoms with Crippen LogP contribution >= 0.6 is 0 Å². The number of hydrogen-bond donors (Lipinski definition) is 0. The first-order chi connectivity index (χ1) is 6.97. The van der Waals surface area contributed by atoms with Gasteiger partial charge < -0.3 is 4.74 Å². The molecule has 2 aliphatic rings. The number of hydrogen-bond acceptors (Lipinski definition) is 2. The summed E-state index contributed by atoms with van der Waals surface area (Å²) in [5.74, 6) is 0.808. The topological polar surface area (TPSA) is 33.0 Å². The van der Waals surface area contributed by atoms with E-state index in [2.05, 4.69) is 26.8 Å². The summed E-state index contributed by atoms with van der Waals surface area (Å²) in [5, 5.41) is 9.21. The van der Waals surface area contributed by atoms with Crippen LogP contribution in [0, 0.1) is 28.6 Å². The molecule has 3 atom stereocenters. The van der Waals surface area contributed by atoms with Crippen molar-refractivity contribution >= 4 is 0 Å². The second-order valence-corrected chi connectivity index (χ2v) is 6.24. The monoisotopic (exact) mass is 207 g/mol. The van der Waals surface area contributed by atoms with E-state index in [0.717, 1.165) is 25.9 Å². The van der Waals surface area contributed by atoms with E-state index in [4.69, 9.17) is 4.74 Å². The Hall–Kier alpha value is -0.550. The molecule has 1 spiro atoms. The lowest BCUT2D eigenvalue weighted by Crippen LogP contribution is -2.45. The zero-order valence-corrected chi connectivity index (χ0v) is 10.0. The molecule has 1 saturated carbocycles. The molecule has 3 unspecified atom stereocenters. The van der Waals surface area contributed by atoms with Crippen LogP contribution in [0.25, 0.3) is 0 Å². The molecule has 1 saturated heterocycles. The summed E-state index contributed by atoms with van der Waals surface area (Å²) in [6.45, 7) is 7.68. The summed E-state index contributed by atoms with van der Waals surface area (Å²) in [7, 11) is 0. The molecule has 0 aromatic carbocycles. The highest BCUT2D eigenvalue weighted by Gasteiger charge is 2.51. The molecule has 2 rings (SSSR count). The summed E-state index contributed by atoms with van der Waals surface area (Å²) in [6, 6.07) is 2.46. The molecule has 15 heavy (non-hydrogen) atoms. The van der Waals surface area contributed by atoms with Crippen LogP contribution in [0.2, 0.25) is 0 Å². The maximum absolute atomic E-state index is 9.21. The second kappa shape index (κ2) is 3.49. The van der Waals surface area contributed by atoms with Gasteiger partial charge in [0, 0.05) is 6.61 Å². The van der Waals surface area contributed by atoms with Gasteiger partial charge in [0.1, 0.15) is 0 Å². The summed E-state index contributed by atoms with van der Waals surface area (Å²) >= 11 is 0. The minimum absolute atomic E-state index is 0.115. The normalized spacial score (nSPS) is 44.1. The highest BCUT2D eigenvalue weighted by molar-refractivity contribution is 5.08. The summed E-state index contributed by atoms with van der Waals surface area (Å²) in [4.78, 5) is 0. The number of nitrogens with zero attached hydrogens (tertiary/aromatic N) is 1. The molecule has 0 N–H and O–H groups in total. The molecule has 0 bridgehead atoms. The van der Waals surface area contributed by atoms with E-state index >= 15 is 0 Å². The molecular formula is C13H21NO. The Morgan fingerprint density at radius 1 is 1.33 bits per heavy atom. The van der Waals surface area contributed by atoms with Crippen molar-refractivity contribution < 1.29 is 4.74 Å². The van der Waals surface area contributed by atoms with Crippen LogP contribution in [0.15, 0.2) is 0 Å². The fraction of sp³-hybridized carbons (Fsp3) is 0.923. The zero-order valence-electron chi connectivity index (χ0n) is 10.0. The first kappa shape index (κ1) is 11.0. The molecule has 0 aromatic rings. The van der Waals surface area contributed by atoms with Crippen molar-refractivity contribution in [3.63, 3.8) is 0 Å². The molecule has 2 fully saturated rings. The van der Waals surface area contributed by atoms with Gasteiger partial charge in [-0.15, -0.1) is 0 Å². The third-order valence-electron chi connectivity index (χ3n) is 3.96. The minimum atomic E-state index is -0.115. The van der Waals surface area contributed by atoms with Gasteiger partial charge in [-0.3, -0.25) is 0 Å². The number of rotatable bonds is 0. The highest BCUT2D eigenvalue weighted by atomic mass is 16.5. The fourth-order valence-corrected chi connectivity index (χ4v) is 3.86. The van der Waals surface area contributed by atoms with Gasteiger partial charge in [0.25, 0.3) is 0 Å². The lowest BCUT2D eigenvalue weighted by Gasteiger charge is -2.46. The zero-order chi connectivity index (χ0) is 11.1. The second-order valence-electron chi connectivity index (χ2n) is 6.24. The van der Waals surface area contributed by atoms with Crippen molar-refractivity contribution in [1.82, 2.24) is 0 Å². The van der Waals surface area contributed by atoms with Crippen LogP contribution in [0.3, 0.4) is 0 Å². The van der Waals surface area contributed by atoms with Crippen molar-refractivity contribution in [2.24, 2.45) is 17.3 Å². The van der Waals surface area contributed by atoms with Gasteiger partial charge in [-0.25, -0.2) is 0 Å². The van der Waals surface area contributed by atoms with Crippen molar-refractivity contribution in [2.75, 3.05) is 6.61 Å². The first-order valence-electron chi connectivity index (χ1n) is 6.01. The van der Waals surface area contributed by atoms with Gasteiger partial charge in [0.15, 0.2) is 0 Å². The van der Waals surface area contributed by atoms with Gasteiger partial charge in [-0.2, -0.15) is 5.26 Å². The molecule has 2 nitrogen and oxygen atoms in total. The Bertz CT molecular complexity index is 291. The van der Waals surface area contributed by atoms with Crippen molar-refractivity contribution in [1.29, 1.82) is 5.26 Å². The lowest BCUT2D eigenvalue weighted by atomic mass is 9.62. The van der Waals surface area contributed by atoms with E-state index in [1.807, 2.05) is 0 Å². The molecule has 0 radical (unpaired) electrons. The third kappa shape index (κ3) is 1.90. The fourth-order valence-electron chi connectivity index (χ4n) is 3.86.